The minimum absolute atomic E-state index is 0.0873. The molecule has 3 aromatic rings. The van der Waals surface area contributed by atoms with Crippen molar-refractivity contribution in [3.8, 4) is 22.7 Å². The maximum atomic E-state index is 13.4. The number of ether oxygens (including phenoxy) is 2. The van der Waals surface area contributed by atoms with Gasteiger partial charge >= 0.3 is 0 Å². The number of methoxy groups -OCH3 is 1. The minimum atomic E-state index is -3.83. The Labute approximate surface area is 207 Å². The molecule has 13 heteroatoms. The predicted molar refractivity (Wildman–Crippen MR) is 135 cm³/mol. The van der Waals surface area contributed by atoms with E-state index in [4.69, 9.17) is 9.47 Å². The molecular weight excluding hydrogens is 490 g/mol. The molecule has 0 bridgehead atoms. The molecule has 1 fully saturated rings. The molecule has 1 aromatic heterocycles. The summed E-state index contributed by atoms with van der Waals surface area (Å²) in [7, 11) is -2.33. The number of nitro benzene ring substituents is 1. The number of nitrogens with zero attached hydrogens (tertiary/aromatic N) is 4. The lowest BCUT2D eigenvalue weighted by Crippen LogP contribution is -2.36. The summed E-state index contributed by atoms with van der Waals surface area (Å²) in [4.78, 5) is 26.7. The molecule has 0 spiro atoms. The second-order valence-corrected chi connectivity index (χ2v) is 9.94. The monoisotopic (exact) mass is 515 g/mol. The predicted octanol–water partition coefficient (Wildman–Crippen LogP) is 2.41. The zero-order valence-corrected chi connectivity index (χ0v) is 20.5. The molecule has 36 heavy (non-hydrogen) atoms. The van der Waals surface area contributed by atoms with E-state index in [1.807, 2.05) is 4.90 Å². The normalized spacial score (nSPS) is 13.9. The van der Waals surface area contributed by atoms with Crippen LogP contribution in [-0.4, -0.2) is 62.3 Å². The first-order valence-electron chi connectivity index (χ1n) is 11.1. The summed E-state index contributed by atoms with van der Waals surface area (Å²) < 4.78 is 38.4. The van der Waals surface area contributed by atoms with Crippen LogP contribution in [0.2, 0.25) is 0 Å². The minimum Gasteiger partial charge on any atom is -0.497 e. The highest BCUT2D eigenvalue weighted by atomic mass is 32.2. The molecule has 0 saturated carbocycles. The van der Waals surface area contributed by atoms with E-state index in [1.54, 1.807) is 30.3 Å². The molecule has 0 unspecified atom stereocenters. The van der Waals surface area contributed by atoms with E-state index in [0.717, 1.165) is 4.68 Å². The number of nitrogens with one attached hydrogen (secondary N) is 1. The Morgan fingerprint density at radius 2 is 1.92 bits per heavy atom. The highest BCUT2D eigenvalue weighted by Crippen LogP contribution is 2.30. The summed E-state index contributed by atoms with van der Waals surface area (Å²) in [5, 5.41) is 16.3. The van der Waals surface area contributed by atoms with Gasteiger partial charge in [-0.1, -0.05) is 12.1 Å². The van der Waals surface area contributed by atoms with E-state index in [1.165, 1.54) is 32.2 Å². The quantitative estimate of drug-likeness (QED) is 0.353. The molecule has 4 rings (SSSR count). The zero-order valence-electron chi connectivity index (χ0n) is 19.7. The molecule has 0 amide bonds. The number of rotatable bonds is 8. The van der Waals surface area contributed by atoms with Crippen LogP contribution in [0.15, 0.2) is 53.3 Å². The number of hydrogen-bond acceptors (Lipinski definition) is 9. The van der Waals surface area contributed by atoms with Gasteiger partial charge in [0, 0.05) is 30.4 Å². The van der Waals surface area contributed by atoms with Gasteiger partial charge < -0.3 is 14.4 Å². The Morgan fingerprint density at radius 1 is 1.17 bits per heavy atom. The van der Waals surface area contributed by atoms with Gasteiger partial charge in [-0.05, 0) is 37.3 Å². The molecule has 0 atom stereocenters. The van der Waals surface area contributed by atoms with Crippen molar-refractivity contribution in [2.24, 2.45) is 0 Å². The van der Waals surface area contributed by atoms with Crippen LogP contribution in [-0.2, 0) is 14.8 Å². The largest absolute Gasteiger partial charge is 0.497 e. The van der Waals surface area contributed by atoms with Gasteiger partial charge in [-0.2, -0.15) is 9.78 Å². The fourth-order valence-corrected chi connectivity index (χ4v) is 4.37. The number of aromatic nitrogens is 2. The number of sulfonamides is 1. The van der Waals surface area contributed by atoms with Crippen LogP contribution in [0.4, 0.5) is 17.1 Å². The van der Waals surface area contributed by atoms with Crippen molar-refractivity contribution in [1.29, 1.82) is 0 Å². The number of morpholine rings is 1. The first-order valence-corrected chi connectivity index (χ1v) is 12.8. The van der Waals surface area contributed by atoms with Crippen LogP contribution >= 0.6 is 0 Å². The van der Waals surface area contributed by atoms with Crippen molar-refractivity contribution in [1.82, 2.24) is 9.78 Å². The standard InChI is InChI=1S/C23H25N5O7S/c1-3-36(32,33)25-20-15-19(16-5-4-6-18(13-16)34-2)24-27(23(20)29)22-14-17(7-8-21(22)28(30)31)26-9-11-35-12-10-26/h4-8,13-15,25H,3,9-12H2,1-2H3. The molecule has 1 N–H and O–H groups in total. The van der Waals surface area contributed by atoms with E-state index < -0.39 is 20.5 Å². The van der Waals surface area contributed by atoms with Crippen molar-refractivity contribution < 1.29 is 22.8 Å². The maximum Gasteiger partial charge on any atom is 0.296 e. The average Bonchev–Trinajstić information content (AvgIpc) is 2.90. The van der Waals surface area contributed by atoms with Gasteiger partial charge in [0.1, 0.15) is 17.1 Å². The van der Waals surface area contributed by atoms with E-state index in [9.17, 15) is 23.3 Å². The smallest absolute Gasteiger partial charge is 0.296 e. The van der Waals surface area contributed by atoms with Crippen LogP contribution in [0.25, 0.3) is 16.9 Å². The van der Waals surface area contributed by atoms with E-state index >= 15 is 0 Å². The van der Waals surface area contributed by atoms with E-state index in [0.29, 0.717) is 43.3 Å². The Morgan fingerprint density at radius 3 is 2.58 bits per heavy atom. The molecule has 1 aliphatic heterocycles. The lowest BCUT2D eigenvalue weighted by atomic mass is 10.1. The summed E-state index contributed by atoms with van der Waals surface area (Å²) >= 11 is 0. The van der Waals surface area contributed by atoms with Crippen molar-refractivity contribution in [2.45, 2.75) is 6.92 Å². The average molecular weight is 516 g/mol. The molecule has 1 aliphatic rings. The fourth-order valence-electron chi connectivity index (χ4n) is 3.75. The van der Waals surface area contributed by atoms with Gasteiger partial charge in [-0.3, -0.25) is 19.6 Å². The number of nitro groups is 1. The molecular formula is C23H25N5O7S. The highest BCUT2D eigenvalue weighted by Gasteiger charge is 2.24. The SMILES string of the molecule is CCS(=O)(=O)Nc1cc(-c2cccc(OC)c2)nn(-c2cc(N3CCOCC3)ccc2[N+](=O)[O-])c1=O. The van der Waals surface area contributed by atoms with Crippen molar-refractivity contribution in [3.05, 3.63) is 69.0 Å². The van der Waals surface area contributed by atoms with Crippen LogP contribution < -0.4 is 19.9 Å². The van der Waals surface area contributed by atoms with Gasteiger partial charge in [-0.25, -0.2) is 8.42 Å². The molecule has 0 radical (unpaired) electrons. The van der Waals surface area contributed by atoms with E-state index in [-0.39, 0.29) is 28.5 Å². The zero-order chi connectivity index (χ0) is 25.9. The number of benzene rings is 2. The van der Waals surface area contributed by atoms with Crippen LogP contribution in [0.1, 0.15) is 6.92 Å². The molecule has 1 saturated heterocycles. The van der Waals surface area contributed by atoms with Gasteiger partial charge in [0.2, 0.25) is 10.0 Å². The molecule has 0 aliphatic carbocycles. The van der Waals surface area contributed by atoms with Crippen molar-refractivity contribution in [2.75, 3.05) is 48.8 Å². The lowest BCUT2D eigenvalue weighted by molar-refractivity contribution is -0.384. The Balaban J connectivity index is 1.96. The molecule has 12 nitrogen and oxygen atoms in total. The van der Waals surface area contributed by atoms with Gasteiger partial charge in [0.15, 0.2) is 0 Å². The summed E-state index contributed by atoms with van der Waals surface area (Å²) in [5.41, 5.74) is -0.184. The second kappa shape index (κ2) is 10.3. The van der Waals surface area contributed by atoms with Gasteiger partial charge in [0.25, 0.3) is 11.2 Å². The topological polar surface area (TPSA) is 146 Å². The summed E-state index contributed by atoms with van der Waals surface area (Å²) in [6, 6.07) is 12.5. The first kappa shape index (κ1) is 25.1. The van der Waals surface area contributed by atoms with Gasteiger partial charge in [-0.15, -0.1) is 0 Å². The summed E-state index contributed by atoms with van der Waals surface area (Å²) in [5.74, 6) is 0.249. The molecule has 2 aromatic carbocycles. The summed E-state index contributed by atoms with van der Waals surface area (Å²) in [6.07, 6.45) is 0. The Bertz CT molecular complexity index is 1450. The van der Waals surface area contributed by atoms with Crippen molar-refractivity contribution in [3.63, 3.8) is 0 Å². The van der Waals surface area contributed by atoms with Crippen LogP contribution in [0.3, 0.4) is 0 Å². The number of anilines is 2. The van der Waals surface area contributed by atoms with Crippen LogP contribution in [0.5, 0.6) is 5.75 Å². The van der Waals surface area contributed by atoms with Crippen molar-refractivity contribution >= 4 is 27.1 Å². The summed E-state index contributed by atoms with van der Waals surface area (Å²) in [6.45, 7) is 3.58. The molecule has 2 heterocycles. The highest BCUT2D eigenvalue weighted by molar-refractivity contribution is 7.92. The third kappa shape index (κ3) is 5.31. The Kier molecular flexibility index (Phi) is 7.22. The third-order valence-corrected chi connectivity index (χ3v) is 6.97. The fraction of sp³-hybridized carbons (Fsp3) is 0.304. The third-order valence-electron chi connectivity index (χ3n) is 5.68. The van der Waals surface area contributed by atoms with Gasteiger partial charge in [0.05, 0.1) is 36.7 Å². The lowest BCUT2D eigenvalue weighted by Gasteiger charge is -2.29. The first-order chi connectivity index (χ1) is 17.2. The maximum absolute atomic E-state index is 13.4. The Hall–Kier alpha value is -3.97. The van der Waals surface area contributed by atoms with E-state index in [2.05, 4.69) is 9.82 Å². The van der Waals surface area contributed by atoms with Crippen LogP contribution in [0, 0.1) is 10.1 Å². The number of hydrogen-bond donors (Lipinski definition) is 1. The molecule has 190 valence electrons. The second-order valence-electron chi connectivity index (χ2n) is 7.93.